The largest absolute Gasteiger partial charge is 0.496 e. The first kappa shape index (κ1) is 14.5. The number of hydrogen-bond acceptors (Lipinski definition) is 4. The van der Waals surface area contributed by atoms with Crippen molar-refractivity contribution in [1.29, 1.82) is 0 Å². The molecule has 3 aromatic rings. The predicted octanol–water partition coefficient (Wildman–Crippen LogP) is 3.39. The average molecular weight is 326 g/mol. The highest BCUT2D eigenvalue weighted by molar-refractivity contribution is 7.18. The van der Waals surface area contributed by atoms with Gasteiger partial charge in [0.1, 0.15) is 10.6 Å². The summed E-state index contributed by atoms with van der Waals surface area (Å²) in [5, 5.41) is 0.835. The maximum absolute atomic E-state index is 13.0. The van der Waals surface area contributed by atoms with Gasteiger partial charge in [-0.1, -0.05) is 18.2 Å². The molecule has 2 heterocycles. The summed E-state index contributed by atoms with van der Waals surface area (Å²) in [6.07, 6.45) is 6.14. The number of ether oxygens (including phenoxy) is 1. The first-order valence-electron chi connectivity index (χ1n) is 7.89. The number of aryl methyl sites for hydroxylation is 2. The van der Waals surface area contributed by atoms with Gasteiger partial charge >= 0.3 is 0 Å². The highest BCUT2D eigenvalue weighted by atomic mass is 32.1. The average Bonchev–Trinajstić information content (AvgIpc) is 2.97. The lowest BCUT2D eigenvalue weighted by atomic mass is 9.97. The van der Waals surface area contributed by atoms with Crippen LogP contribution in [0.2, 0.25) is 0 Å². The maximum Gasteiger partial charge on any atom is 0.262 e. The van der Waals surface area contributed by atoms with Gasteiger partial charge in [0.2, 0.25) is 0 Å². The summed E-state index contributed by atoms with van der Waals surface area (Å²) in [4.78, 5) is 19.7. The van der Waals surface area contributed by atoms with E-state index in [0.717, 1.165) is 34.4 Å². The van der Waals surface area contributed by atoms with Crippen molar-refractivity contribution < 1.29 is 4.74 Å². The van der Waals surface area contributed by atoms with Crippen molar-refractivity contribution in [2.45, 2.75) is 32.2 Å². The summed E-state index contributed by atoms with van der Waals surface area (Å²) >= 11 is 1.69. The van der Waals surface area contributed by atoms with Gasteiger partial charge in [0, 0.05) is 10.4 Å². The summed E-state index contributed by atoms with van der Waals surface area (Å²) < 4.78 is 7.08. The second-order valence-electron chi connectivity index (χ2n) is 5.88. The second kappa shape index (κ2) is 5.81. The molecule has 0 amide bonds. The minimum atomic E-state index is 0.0697. The number of thiophene rings is 1. The molecule has 23 heavy (non-hydrogen) atoms. The summed E-state index contributed by atoms with van der Waals surface area (Å²) in [6.45, 7) is 0.483. The zero-order chi connectivity index (χ0) is 15.8. The van der Waals surface area contributed by atoms with Crippen LogP contribution in [-0.4, -0.2) is 16.7 Å². The van der Waals surface area contributed by atoms with E-state index in [1.807, 2.05) is 24.3 Å². The minimum Gasteiger partial charge on any atom is -0.496 e. The lowest BCUT2D eigenvalue weighted by Crippen LogP contribution is -2.22. The fraction of sp³-hybridized carbons (Fsp3) is 0.333. The van der Waals surface area contributed by atoms with E-state index in [1.165, 1.54) is 23.3 Å². The van der Waals surface area contributed by atoms with Crippen LogP contribution in [0.1, 0.15) is 28.8 Å². The zero-order valence-corrected chi connectivity index (χ0v) is 13.9. The topological polar surface area (TPSA) is 44.1 Å². The van der Waals surface area contributed by atoms with E-state index in [4.69, 9.17) is 4.74 Å². The van der Waals surface area contributed by atoms with Crippen LogP contribution in [-0.2, 0) is 19.4 Å². The summed E-state index contributed by atoms with van der Waals surface area (Å²) in [5.74, 6) is 0.798. The molecular weight excluding hydrogens is 308 g/mol. The molecule has 4 rings (SSSR count). The number of hydrogen-bond donors (Lipinski definition) is 0. The molecule has 0 radical (unpaired) electrons. The third-order valence-electron chi connectivity index (χ3n) is 4.48. The van der Waals surface area contributed by atoms with Crippen LogP contribution in [0.3, 0.4) is 0 Å². The normalized spacial score (nSPS) is 14.0. The molecule has 118 valence electrons. The summed E-state index contributed by atoms with van der Waals surface area (Å²) in [6, 6.07) is 7.79. The van der Waals surface area contributed by atoms with Gasteiger partial charge in [-0.15, -0.1) is 11.3 Å². The van der Waals surface area contributed by atoms with E-state index in [-0.39, 0.29) is 5.56 Å². The molecule has 0 fully saturated rings. The Balaban J connectivity index is 1.82. The Hall–Kier alpha value is -2.14. The van der Waals surface area contributed by atoms with Crippen LogP contribution >= 0.6 is 11.3 Å². The van der Waals surface area contributed by atoms with E-state index in [2.05, 4.69) is 4.98 Å². The maximum atomic E-state index is 13.0. The SMILES string of the molecule is COc1ccccc1Cn1cnc2sc3c(c2c1=O)CCCC3. The Labute approximate surface area is 138 Å². The lowest BCUT2D eigenvalue weighted by molar-refractivity contribution is 0.408. The third-order valence-corrected chi connectivity index (χ3v) is 5.67. The number of aromatic nitrogens is 2. The van der Waals surface area contributed by atoms with Crippen LogP contribution in [0, 0.1) is 0 Å². The van der Waals surface area contributed by atoms with Crippen LogP contribution < -0.4 is 10.3 Å². The first-order valence-corrected chi connectivity index (χ1v) is 8.71. The molecule has 0 atom stereocenters. The number of para-hydroxylation sites is 1. The Morgan fingerprint density at radius 2 is 2.09 bits per heavy atom. The number of nitrogens with zero attached hydrogens (tertiary/aromatic N) is 2. The highest BCUT2D eigenvalue weighted by Gasteiger charge is 2.20. The van der Waals surface area contributed by atoms with Crippen LogP contribution in [0.25, 0.3) is 10.2 Å². The Morgan fingerprint density at radius 3 is 2.96 bits per heavy atom. The Morgan fingerprint density at radius 1 is 1.26 bits per heavy atom. The monoisotopic (exact) mass is 326 g/mol. The van der Waals surface area contributed by atoms with Gasteiger partial charge in [0.05, 0.1) is 25.4 Å². The van der Waals surface area contributed by atoms with Crippen LogP contribution in [0.5, 0.6) is 5.75 Å². The first-order chi connectivity index (χ1) is 11.3. The third kappa shape index (κ3) is 2.45. The van der Waals surface area contributed by atoms with E-state index in [9.17, 15) is 4.79 Å². The van der Waals surface area contributed by atoms with E-state index < -0.39 is 0 Å². The van der Waals surface area contributed by atoms with E-state index in [1.54, 1.807) is 29.3 Å². The number of benzene rings is 1. The summed E-state index contributed by atoms with van der Waals surface area (Å²) in [5.41, 5.74) is 2.30. The van der Waals surface area contributed by atoms with Crippen molar-refractivity contribution in [3.05, 3.63) is 57.0 Å². The molecule has 0 aliphatic heterocycles. The molecule has 5 heteroatoms. The molecule has 1 aliphatic carbocycles. The minimum absolute atomic E-state index is 0.0697. The van der Waals surface area contributed by atoms with Crippen molar-refractivity contribution in [1.82, 2.24) is 9.55 Å². The standard InChI is InChI=1S/C18H18N2O2S/c1-22-14-8-4-2-6-12(14)10-20-11-19-17-16(18(20)21)13-7-3-5-9-15(13)23-17/h2,4,6,8,11H,3,5,7,9-10H2,1H3. The van der Waals surface area contributed by atoms with Crippen molar-refractivity contribution in [3.8, 4) is 5.75 Å². The Kier molecular flexibility index (Phi) is 3.65. The van der Waals surface area contributed by atoms with Gasteiger partial charge in [-0.05, 0) is 37.3 Å². The molecule has 1 aromatic carbocycles. The molecule has 4 nitrogen and oxygen atoms in total. The number of rotatable bonds is 3. The fourth-order valence-electron chi connectivity index (χ4n) is 3.31. The van der Waals surface area contributed by atoms with Gasteiger partial charge in [-0.25, -0.2) is 4.98 Å². The molecular formula is C18H18N2O2S. The van der Waals surface area contributed by atoms with Gasteiger partial charge in [-0.3, -0.25) is 9.36 Å². The van der Waals surface area contributed by atoms with Crippen molar-refractivity contribution in [2.24, 2.45) is 0 Å². The fourth-order valence-corrected chi connectivity index (χ4v) is 4.53. The molecule has 0 saturated heterocycles. The molecule has 1 aliphatic rings. The quantitative estimate of drug-likeness (QED) is 0.741. The van der Waals surface area contributed by atoms with Gasteiger partial charge < -0.3 is 4.74 Å². The number of fused-ring (bicyclic) bond motifs is 3. The van der Waals surface area contributed by atoms with E-state index >= 15 is 0 Å². The lowest BCUT2D eigenvalue weighted by Gasteiger charge is -2.11. The molecule has 0 saturated carbocycles. The second-order valence-corrected chi connectivity index (χ2v) is 6.96. The van der Waals surface area contributed by atoms with Crippen LogP contribution in [0.4, 0.5) is 0 Å². The molecule has 0 unspecified atom stereocenters. The van der Waals surface area contributed by atoms with Crippen molar-refractivity contribution >= 4 is 21.6 Å². The smallest absolute Gasteiger partial charge is 0.262 e. The number of methoxy groups -OCH3 is 1. The highest BCUT2D eigenvalue weighted by Crippen LogP contribution is 2.33. The van der Waals surface area contributed by atoms with Gasteiger partial charge in [0.15, 0.2) is 0 Å². The summed E-state index contributed by atoms with van der Waals surface area (Å²) in [7, 11) is 1.65. The zero-order valence-electron chi connectivity index (χ0n) is 13.0. The Bertz CT molecular complexity index is 926. The molecule has 0 bridgehead atoms. The van der Waals surface area contributed by atoms with Crippen molar-refractivity contribution in [2.75, 3.05) is 7.11 Å². The van der Waals surface area contributed by atoms with Gasteiger partial charge in [-0.2, -0.15) is 0 Å². The van der Waals surface area contributed by atoms with E-state index in [0.29, 0.717) is 6.54 Å². The van der Waals surface area contributed by atoms with Crippen molar-refractivity contribution in [3.63, 3.8) is 0 Å². The molecule has 0 spiro atoms. The van der Waals surface area contributed by atoms with Crippen LogP contribution in [0.15, 0.2) is 35.4 Å². The molecule has 2 aromatic heterocycles. The van der Waals surface area contributed by atoms with Gasteiger partial charge in [0.25, 0.3) is 5.56 Å². The predicted molar refractivity (Wildman–Crippen MR) is 92.6 cm³/mol. The molecule has 0 N–H and O–H groups in total.